The summed E-state index contributed by atoms with van der Waals surface area (Å²) in [4.78, 5) is 42.3. The Kier molecular flexibility index (Phi) is 6.78. The number of fused-ring (bicyclic) bond motifs is 1. The van der Waals surface area contributed by atoms with E-state index in [4.69, 9.17) is 11.6 Å². The summed E-state index contributed by atoms with van der Waals surface area (Å²) in [6, 6.07) is 7.31. The number of carbonyl (C=O) groups is 2. The predicted octanol–water partition coefficient (Wildman–Crippen LogP) is 4.25. The minimum Gasteiger partial charge on any atom is -0.351 e. The number of nitrogens with one attached hydrogen (secondary N) is 1. The summed E-state index contributed by atoms with van der Waals surface area (Å²) in [5.74, 6) is -0.449. The predicted molar refractivity (Wildman–Crippen MR) is 131 cm³/mol. The Labute approximate surface area is 199 Å². The topological polar surface area (TPSA) is 71.4 Å². The highest BCUT2D eigenvalue weighted by Gasteiger charge is 2.36. The van der Waals surface area contributed by atoms with Crippen LogP contribution in [0.25, 0.3) is 5.69 Å². The number of ketones is 1. The van der Waals surface area contributed by atoms with Gasteiger partial charge in [-0.05, 0) is 68.0 Å². The number of likely N-dealkylation sites (tertiary alicyclic amines) is 1. The lowest BCUT2D eigenvalue weighted by molar-refractivity contribution is 0.0907. The average Bonchev–Trinajstić information content (AvgIpc) is 2.75. The van der Waals surface area contributed by atoms with Crippen LogP contribution in [0.1, 0.15) is 72.7 Å². The number of aromatic nitrogens is 1. The van der Waals surface area contributed by atoms with E-state index in [0.717, 1.165) is 13.1 Å². The quantitative estimate of drug-likeness (QED) is 0.710. The van der Waals surface area contributed by atoms with Crippen LogP contribution in [-0.2, 0) is 6.42 Å². The van der Waals surface area contributed by atoms with Crippen LogP contribution in [0, 0.1) is 5.41 Å². The Bertz CT molecular complexity index is 1120. The number of benzene rings is 1. The van der Waals surface area contributed by atoms with E-state index < -0.39 is 11.5 Å². The van der Waals surface area contributed by atoms with Crippen molar-refractivity contribution in [2.24, 2.45) is 5.41 Å². The molecule has 1 saturated heterocycles. The highest BCUT2D eigenvalue weighted by atomic mass is 35.5. The number of Topliss-reactive ketones (excluding diaryl/α,β-unsaturated/α-hetero) is 1. The third-order valence-electron chi connectivity index (χ3n) is 6.87. The first kappa shape index (κ1) is 23.7. The molecule has 176 valence electrons. The Morgan fingerprint density at radius 1 is 1.15 bits per heavy atom. The second-order valence-corrected chi connectivity index (χ2v) is 10.6. The molecule has 0 saturated carbocycles. The third-order valence-corrected chi connectivity index (χ3v) is 7.12. The SMILES string of the molecule is C[C@H]1CCCCN1CCNC(=O)c1c2c(cn(-c3ccc(Cl)cc3)c1=O)C(=O)CC(C)(C)C2. The number of pyridine rings is 1. The maximum Gasteiger partial charge on any atom is 0.268 e. The number of amides is 1. The molecule has 1 amide bonds. The molecular formula is C26H32ClN3O3. The van der Waals surface area contributed by atoms with Crippen LogP contribution in [0.3, 0.4) is 0 Å². The second kappa shape index (κ2) is 9.43. The van der Waals surface area contributed by atoms with Crippen LogP contribution >= 0.6 is 11.6 Å². The fourth-order valence-corrected chi connectivity index (χ4v) is 5.19. The zero-order valence-corrected chi connectivity index (χ0v) is 20.4. The highest BCUT2D eigenvalue weighted by molar-refractivity contribution is 6.30. The van der Waals surface area contributed by atoms with Crippen LogP contribution in [0.5, 0.6) is 0 Å². The van der Waals surface area contributed by atoms with E-state index in [2.05, 4.69) is 17.1 Å². The number of nitrogens with zero attached hydrogens (tertiary/aromatic N) is 2. The van der Waals surface area contributed by atoms with Gasteiger partial charge in [-0.25, -0.2) is 0 Å². The summed E-state index contributed by atoms with van der Waals surface area (Å²) in [5.41, 5.74) is 0.956. The van der Waals surface area contributed by atoms with Gasteiger partial charge in [-0.2, -0.15) is 0 Å². The summed E-state index contributed by atoms with van der Waals surface area (Å²) in [5, 5.41) is 3.51. The van der Waals surface area contributed by atoms with Crippen molar-refractivity contribution in [3.8, 4) is 5.69 Å². The van der Waals surface area contributed by atoms with Crippen molar-refractivity contribution in [3.05, 3.63) is 62.5 Å². The second-order valence-electron chi connectivity index (χ2n) is 10.1. The van der Waals surface area contributed by atoms with E-state index in [1.54, 1.807) is 30.5 Å². The minimum absolute atomic E-state index is 0.0415. The lowest BCUT2D eigenvalue weighted by Gasteiger charge is -2.33. The number of halogens is 1. The number of piperidine rings is 1. The Hall–Kier alpha value is -2.44. The molecular weight excluding hydrogens is 438 g/mol. The molecule has 2 aromatic rings. The molecule has 0 radical (unpaired) electrons. The maximum atomic E-state index is 13.5. The van der Waals surface area contributed by atoms with Gasteiger partial charge in [0.25, 0.3) is 11.5 Å². The smallest absolute Gasteiger partial charge is 0.268 e. The summed E-state index contributed by atoms with van der Waals surface area (Å²) in [6.07, 6.45) is 6.07. The Morgan fingerprint density at radius 3 is 2.58 bits per heavy atom. The molecule has 0 bridgehead atoms. The van der Waals surface area contributed by atoms with E-state index in [-0.39, 0.29) is 16.8 Å². The summed E-state index contributed by atoms with van der Waals surface area (Å²) in [7, 11) is 0. The lowest BCUT2D eigenvalue weighted by atomic mass is 9.73. The Balaban J connectivity index is 1.69. The summed E-state index contributed by atoms with van der Waals surface area (Å²) in [6.45, 7) is 8.45. The normalized spacial score (nSPS) is 20.4. The van der Waals surface area contributed by atoms with Gasteiger partial charge >= 0.3 is 0 Å². The van der Waals surface area contributed by atoms with Crippen LogP contribution in [0.15, 0.2) is 35.3 Å². The number of rotatable bonds is 5. The Morgan fingerprint density at radius 2 is 1.88 bits per heavy atom. The van der Waals surface area contributed by atoms with Crippen LogP contribution in [-0.4, -0.2) is 46.8 Å². The number of hydrogen-bond donors (Lipinski definition) is 1. The molecule has 7 heteroatoms. The molecule has 1 aliphatic carbocycles. The van der Waals surface area contributed by atoms with Crippen molar-refractivity contribution in [1.82, 2.24) is 14.8 Å². The fourth-order valence-electron chi connectivity index (χ4n) is 5.06. The lowest BCUT2D eigenvalue weighted by Crippen LogP contribution is -2.44. The zero-order valence-electron chi connectivity index (χ0n) is 19.6. The maximum absolute atomic E-state index is 13.5. The van der Waals surface area contributed by atoms with E-state index in [0.29, 0.717) is 47.3 Å². The van der Waals surface area contributed by atoms with Crippen LogP contribution in [0.4, 0.5) is 0 Å². The monoisotopic (exact) mass is 469 g/mol. The molecule has 1 atom stereocenters. The van der Waals surface area contributed by atoms with Gasteiger partial charge in [-0.15, -0.1) is 0 Å². The van der Waals surface area contributed by atoms with E-state index in [1.807, 2.05) is 13.8 Å². The van der Waals surface area contributed by atoms with E-state index in [9.17, 15) is 14.4 Å². The molecule has 1 aromatic carbocycles. The van der Waals surface area contributed by atoms with Gasteiger partial charge in [0.15, 0.2) is 5.78 Å². The van der Waals surface area contributed by atoms with Gasteiger partial charge in [0.05, 0.1) is 0 Å². The molecule has 0 unspecified atom stereocenters. The fraction of sp³-hybridized carbons (Fsp3) is 0.500. The first-order chi connectivity index (χ1) is 15.7. The van der Waals surface area contributed by atoms with Gasteiger partial charge in [0.2, 0.25) is 0 Å². The molecule has 1 aromatic heterocycles. The first-order valence-electron chi connectivity index (χ1n) is 11.8. The largest absolute Gasteiger partial charge is 0.351 e. The first-order valence-corrected chi connectivity index (χ1v) is 12.1. The van der Waals surface area contributed by atoms with Gasteiger partial charge in [0.1, 0.15) is 5.56 Å². The number of hydrogen-bond acceptors (Lipinski definition) is 4. The molecule has 1 aliphatic heterocycles. The summed E-state index contributed by atoms with van der Waals surface area (Å²) < 4.78 is 1.40. The molecule has 4 rings (SSSR count). The highest BCUT2D eigenvalue weighted by Crippen LogP contribution is 2.35. The van der Waals surface area contributed by atoms with Crippen molar-refractivity contribution in [2.75, 3.05) is 19.6 Å². The standard InChI is InChI=1S/C26H32ClN3O3/c1-17-6-4-5-12-29(17)13-11-28-24(32)23-20-14-26(2,3)15-22(31)21(20)16-30(25(23)33)19-9-7-18(27)8-10-19/h7-10,16-17H,4-6,11-15H2,1-3H3,(H,28,32)/t17-/m0/s1. The van der Waals surface area contributed by atoms with Crippen molar-refractivity contribution in [2.45, 2.75) is 58.9 Å². The van der Waals surface area contributed by atoms with Gasteiger partial charge in [-0.3, -0.25) is 23.9 Å². The molecule has 1 fully saturated rings. The molecule has 1 N–H and O–H groups in total. The minimum atomic E-state index is -0.412. The molecule has 33 heavy (non-hydrogen) atoms. The molecule has 2 heterocycles. The molecule has 6 nitrogen and oxygen atoms in total. The van der Waals surface area contributed by atoms with Crippen molar-refractivity contribution >= 4 is 23.3 Å². The van der Waals surface area contributed by atoms with Crippen molar-refractivity contribution in [1.29, 1.82) is 0 Å². The van der Waals surface area contributed by atoms with Gasteiger partial charge < -0.3 is 5.32 Å². The average molecular weight is 470 g/mol. The van der Waals surface area contributed by atoms with E-state index >= 15 is 0 Å². The van der Waals surface area contributed by atoms with Crippen LogP contribution in [0.2, 0.25) is 5.02 Å². The van der Waals surface area contributed by atoms with Crippen molar-refractivity contribution < 1.29 is 9.59 Å². The molecule has 2 aliphatic rings. The van der Waals surface area contributed by atoms with E-state index in [1.165, 1.54) is 23.8 Å². The third kappa shape index (κ3) is 5.07. The van der Waals surface area contributed by atoms with Crippen LogP contribution < -0.4 is 10.9 Å². The molecule has 0 spiro atoms. The zero-order chi connectivity index (χ0) is 23.8. The summed E-state index contributed by atoms with van der Waals surface area (Å²) >= 11 is 6.01. The van der Waals surface area contributed by atoms with Gasteiger partial charge in [-0.1, -0.05) is 31.9 Å². The number of carbonyl (C=O) groups excluding carboxylic acids is 2. The van der Waals surface area contributed by atoms with Gasteiger partial charge in [0, 0.05) is 48.0 Å². The van der Waals surface area contributed by atoms with Crippen molar-refractivity contribution in [3.63, 3.8) is 0 Å².